The largest absolute Gasteiger partial charge is 0.426 e. The molecule has 1 aliphatic heterocycles. The first kappa shape index (κ1) is 18.5. The molecule has 0 aliphatic carbocycles. The Kier molecular flexibility index (Phi) is 5.37. The van der Waals surface area contributed by atoms with Gasteiger partial charge in [-0.1, -0.05) is 53.2 Å². The second kappa shape index (κ2) is 7.54. The minimum Gasteiger partial charge on any atom is -0.426 e. The Morgan fingerprint density at radius 2 is 1.85 bits per heavy atom. The van der Waals surface area contributed by atoms with Crippen LogP contribution in [0.3, 0.4) is 0 Å². The summed E-state index contributed by atoms with van der Waals surface area (Å²) in [5, 5.41) is 0. The first-order valence-corrected chi connectivity index (χ1v) is 9.34. The maximum Gasteiger partial charge on any atom is 0.322 e. The summed E-state index contributed by atoms with van der Waals surface area (Å²) in [4.78, 5) is 37.9. The van der Waals surface area contributed by atoms with Crippen LogP contribution >= 0.6 is 15.9 Å². The first-order chi connectivity index (χ1) is 12.4. The molecule has 2 aromatic carbocycles. The Hall–Kier alpha value is -2.27. The Morgan fingerprint density at radius 3 is 2.46 bits per heavy atom. The van der Waals surface area contributed by atoms with Gasteiger partial charge < -0.3 is 4.74 Å². The van der Waals surface area contributed by atoms with Crippen LogP contribution in [0.25, 0.3) is 0 Å². The van der Waals surface area contributed by atoms with Gasteiger partial charge in [-0.25, -0.2) is 0 Å². The van der Waals surface area contributed by atoms with E-state index >= 15 is 0 Å². The van der Waals surface area contributed by atoms with Crippen LogP contribution in [0.5, 0.6) is 5.75 Å². The summed E-state index contributed by atoms with van der Waals surface area (Å²) in [5.41, 5.74) is 1.30. The predicted octanol–water partition coefficient (Wildman–Crippen LogP) is 4.57. The van der Waals surface area contributed by atoms with Crippen molar-refractivity contribution in [3.63, 3.8) is 0 Å². The molecule has 0 radical (unpaired) electrons. The smallest absolute Gasteiger partial charge is 0.322 e. The number of halogens is 1. The number of ether oxygens (including phenoxy) is 1. The molecule has 5 heteroatoms. The predicted molar refractivity (Wildman–Crippen MR) is 101 cm³/mol. The van der Waals surface area contributed by atoms with Crippen LogP contribution in [-0.2, 0) is 9.59 Å². The van der Waals surface area contributed by atoms with Crippen LogP contribution in [0, 0.1) is 11.8 Å². The summed E-state index contributed by atoms with van der Waals surface area (Å²) in [5.74, 6) is -2.54. The van der Waals surface area contributed by atoms with Crippen LogP contribution in [-0.4, -0.2) is 17.5 Å². The fourth-order valence-electron chi connectivity index (χ4n) is 3.66. The number of Topliss-reactive ketones (excluding diaryl/α,β-unsaturated/α-hetero) is 2. The lowest BCUT2D eigenvalue weighted by molar-refractivity contribution is -0.146. The van der Waals surface area contributed by atoms with Crippen molar-refractivity contribution in [1.82, 2.24) is 0 Å². The number of carbonyl (C=O) groups is 3. The third-order valence-electron chi connectivity index (χ3n) is 4.86. The van der Waals surface area contributed by atoms with Gasteiger partial charge in [0.05, 0.1) is 0 Å². The SMILES string of the molecule is CC[C@H](C(=O)c1ccccc1)[C@@H]1c2cc(Br)ccc2OC(=O)[C@@H]1C(C)=O. The summed E-state index contributed by atoms with van der Waals surface area (Å²) in [7, 11) is 0. The van der Waals surface area contributed by atoms with Gasteiger partial charge in [-0.15, -0.1) is 0 Å². The van der Waals surface area contributed by atoms with Crippen molar-refractivity contribution in [1.29, 1.82) is 0 Å². The maximum absolute atomic E-state index is 13.2. The molecule has 3 rings (SSSR count). The van der Waals surface area contributed by atoms with E-state index in [1.165, 1.54) is 6.92 Å². The van der Waals surface area contributed by atoms with E-state index < -0.39 is 23.7 Å². The van der Waals surface area contributed by atoms with E-state index in [1.807, 2.05) is 31.2 Å². The van der Waals surface area contributed by atoms with E-state index in [0.29, 0.717) is 17.7 Å². The molecule has 0 saturated carbocycles. The normalized spacial score (nSPS) is 20.0. The van der Waals surface area contributed by atoms with Gasteiger partial charge in [-0.2, -0.15) is 0 Å². The molecule has 0 fully saturated rings. The van der Waals surface area contributed by atoms with Crippen LogP contribution in [0.2, 0.25) is 0 Å². The number of fused-ring (bicyclic) bond motifs is 1. The van der Waals surface area contributed by atoms with Crippen LogP contribution in [0.4, 0.5) is 0 Å². The number of hydrogen-bond donors (Lipinski definition) is 0. The number of rotatable bonds is 5. The number of esters is 1. The van der Waals surface area contributed by atoms with Gasteiger partial charge in [-0.05, 0) is 31.5 Å². The van der Waals surface area contributed by atoms with E-state index in [0.717, 1.165) is 10.0 Å². The van der Waals surface area contributed by atoms with Crippen molar-refractivity contribution in [2.45, 2.75) is 26.2 Å². The second-order valence-electron chi connectivity index (χ2n) is 6.46. The molecule has 0 bridgehead atoms. The van der Waals surface area contributed by atoms with Crippen molar-refractivity contribution < 1.29 is 19.1 Å². The molecule has 1 aliphatic rings. The number of hydrogen-bond acceptors (Lipinski definition) is 4. The molecule has 0 amide bonds. The lowest BCUT2D eigenvalue weighted by Gasteiger charge is -2.35. The lowest BCUT2D eigenvalue weighted by Crippen LogP contribution is -2.41. The summed E-state index contributed by atoms with van der Waals surface area (Å²) in [6.07, 6.45) is 0.515. The average molecular weight is 415 g/mol. The first-order valence-electron chi connectivity index (χ1n) is 8.55. The van der Waals surface area contributed by atoms with Crippen LogP contribution in [0.15, 0.2) is 53.0 Å². The highest BCUT2D eigenvalue weighted by Crippen LogP contribution is 2.45. The third-order valence-corrected chi connectivity index (χ3v) is 5.35. The van der Waals surface area contributed by atoms with E-state index in [1.54, 1.807) is 24.3 Å². The molecule has 0 saturated heterocycles. The zero-order valence-electron chi connectivity index (χ0n) is 14.6. The van der Waals surface area contributed by atoms with Gasteiger partial charge in [0.15, 0.2) is 5.78 Å². The summed E-state index contributed by atoms with van der Waals surface area (Å²) >= 11 is 3.43. The Balaban J connectivity index is 2.14. The van der Waals surface area contributed by atoms with Crippen LogP contribution < -0.4 is 4.74 Å². The average Bonchev–Trinajstić information content (AvgIpc) is 2.63. The number of carbonyl (C=O) groups excluding carboxylic acids is 3. The summed E-state index contributed by atoms with van der Waals surface area (Å²) in [6, 6.07) is 14.3. The summed E-state index contributed by atoms with van der Waals surface area (Å²) in [6.45, 7) is 3.28. The minimum atomic E-state index is -0.977. The second-order valence-corrected chi connectivity index (χ2v) is 7.38. The highest BCUT2D eigenvalue weighted by molar-refractivity contribution is 9.10. The van der Waals surface area contributed by atoms with Gasteiger partial charge >= 0.3 is 5.97 Å². The highest BCUT2D eigenvalue weighted by atomic mass is 79.9. The van der Waals surface area contributed by atoms with Crippen molar-refractivity contribution in [2.24, 2.45) is 11.8 Å². The number of benzene rings is 2. The lowest BCUT2D eigenvalue weighted by atomic mass is 9.70. The monoisotopic (exact) mass is 414 g/mol. The van der Waals surface area contributed by atoms with Gasteiger partial charge in [0.1, 0.15) is 17.5 Å². The number of ketones is 2. The van der Waals surface area contributed by atoms with E-state index in [-0.39, 0.29) is 11.6 Å². The maximum atomic E-state index is 13.2. The topological polar surface area (TPSA) is 60.4 Å². The van der Waals surface area contributed by atoms with Crippen molar-refractivity contribution >= 4 is 33.5 Å². The van der Waals surface area contributed by atoms with E-state index in [4.69, 9.17) is 4.74 Å². The molecule has 4 nitrogen and oxygen atoms in total. The summed E-state index contributed by atoms with van der Waals surface area (Å²) < 4.78 is 6.19. The van der Waals surface area contributed by atoms with Gasteiger partial charge in [0.2, 0.25) is 0 Å². The fraction of sp³-hybridized carbons (Fsp3) is 0.286. The Bertz CT molecular complexity index is 860. The molecule has 26 heavy (non-hydrogen) atoms. The Labute approximate surface area is 160 Å². The van der Waals surface area contributed by atoms with Gasteiger partial charge in [-0.3, -0.25) is 14.4 Å². The molecule has 0 unspecified atom stereocenters. The molecule has 134 valence electrons. The fourth-order valence-corrected chi connectivity index (χ4v) is 4.04. The molecule has 1 heterocycles. The molecule has 0 aromatic heterocycles. The highest BCUT2D eigenvalue weighted by Gasteiger charge is 2.46. The van der Waals surface area contributed by atoms with Crippen molar-refractivity contribution in [3.05, 3.63) is 64.1 Å². The molecular weight excluding hydrogens is 396 g/mol. The molecule has 3 atom stereocenters. The standard InChI is InChI=1S/C21H19BrO4/c1-3-15(20(24)13-7-5-4-6-8-13)19-16-11-14(22)9-10-17(16)26-21(25)18(19)12(2)23/h4-11,15,18-19H,3H2,1-2H3/t15-,18+,19+/m0/s1. The quantitative estimate of drug-likeness (QED) is 0.311. The van der Waals surface area contributed by atoms with E-state index in [2.05, 4.69) is 15.9 Å². The minimum absolute atomic E-state index is 0.0648. The van der Waals surface area contributed by atoms with Crippen LogP contribution in [0.1, 0.15) is 42.1 Å². The molecular formula is C21H19BrO4. The molecule has 0 N–H and O–H groups in total. The molecule has 0 spiro atoms. The molecule has 2 aromatic rings. The zero-order chi connectivity index (χ0) is 18.8. The van der Waals surface area contributed by atoms with Gasteiger partial charge in [0.25, 0.3) is 0 Å². The van der Waals surface area contributed by atoms with E-state index in [9.17, 15) is 14.4 Å². The van der Waals surface area contributed by atoms with Crippen molar-refractivity contribution in [3.8, 4) is 5.75 Å². The van der Waals surface area contributed by atoms with Gasteiger partial charge in [0, 0.05) is 27.4 Å². The third kappa shape index (κ3) is 3.36. The Morgan fingerprint density at radius 1 is 1.15 bits per heavy atom. The van der Waals surface area contributed by atoms with Crippen molar-refractivity contribution in [2.75, 3.05) is 0 Å². The zero-order valence-corrected chi connectivity index (χ0v) is 16.2.